The highest BCUT2D eigenvalue weighted by atomic mass is 16.6. The van der Waals surface area contributed by atoms with E-state index in [4.69, 9.17) is 28.4 Å². The zero-order valence-electron chi connectivity index (χ0n) is 23.9. The molecule has 0 bridgehead atoms. The molecule has 0 rings (SSSR count). The van der Waals surface area contributed by atoms with E-state index >= 15 is 0 Å². The molecule has 0 spiro atoms. The van der Waals surface area contributed by atoms with Gasteiger partial charge in [0.15, 0.2) is 0 Å². The fourth-order valence-electron chi connectivity index (χ4n) is 3.55. The molecule has 0 aliphatic heterocycles. The van der Waals surface area contributed by atoms with E-state index in [-0.39, 0.29) is 25.2 Å². The van der Waals surface area contributed by atoms with Crippen LogP contribution >= 0.6 is 0 Å². The number of ether oxygens (including phenoxy) is 6. The van der Waals surface area contributed by atoms with Crippen molar-refractivity contribution in [3.8, 4) is 0 Å². The van der Waals surface area contributed by atoms with Crippen LogP contribution in [0.2, 0.25) is 0 Å². The summed E-state index contributed by atoms with van der Waals surface area (Å²) in [6.07, 6.45) is 15.0. The Morgan fingerprint density at radius 1 is 0.378 bits per heavy atom. The largest absolute Gasteiger partial charge is 0.463 e. The van der Waals surface area contributed by atoms with Gasteiger partial charge in [-0.25, -0.2) is 0 Å². The first kappa shape index (κ1) is 35.8. The van der Waals surface area contributed by atoms with Crippen molar-refractivity contribution in [3.05, 3.63) is 0 Å². The van der Waals surface area contributed by atoms with Crippen LogP contribution in [0.15, 0.2) is 0 Å². The molecule has 0 aromatic carbocycles. The fourth-order valence-corrected chi connectivity index (χ4v) is 3.55. The topological polar surface area (TPSA) is 89.5 Å². The molecule has 0 N–H and O–H groups in total. The van der Waals surface area contributed by atoms with E-state index < -0.39 is 0 Å². The van der Waals surface area contributed by atoms with Crippen LogP contribution in [-0.2, 0) is 38.0 Å². The number of hydrogen-bond acceptors (Lipinski definition) is 8. The molecule has 0 unspecified atom stereocenters. The zero-order chi connectivity index (χ0) is 27.1. The van der Waals surface area contributed by atoms with Crippen LogP contribution in [0.1, 0.15) is 110 Å². The van der Waals surface area contributed by atoms with E-state index in [9.17, 15) is 9.59 Å². The Balaban J connectivity index is 3.26. The standard InChI is InChI=1S/C29H56O8/c1-3-5-7-14-18-32-20-22-34-24-26-36-28(30)16-12-10-9-11-13-17-29(31)37-27-25-35-23-21-33-19-15-8-6-4-2/h3-27H2,1-2H3. The van der Waals surface area contributed by atoms with Crippen LogP contribution in [0.3, 0.4) is 0 Å². The van der Waals surface area contributed by atoms with Gasteiger partial charge in [0.2, 0.25) is 0 Å². The monoisotopic (exact) mass is 532 g/mol. The van der Waals surface area contributed by atoms with Gasteiger partial charge in [0, 0.05) is 26.1 Å². The first-order valence-electron chi connectivity index (χ1n) is 14.8. The summed E-state index contributed by atoms with van der Waals surface area (Å²) >= 11 is 0. The summed E-state index contributed by atoms with van der Waals surface area (Å²) in [6.45, 7) is 9.57. The highest BCUT2D eigenvalue weighted by molar-refractivity contribution is 5.69. The Hall–Kier alpha value is -1.22. The quantitative estimate of drug-likeness (QED) is 0.0818. The van der Waals surface area contributed by atoms with Crippen molar-refractivity contribution in [2.24, 2.45) is 0 Å². The lowest BCUT2D eigenvalue weighted by Gasteiger charge is -2.07. The number of unbranched alkanes of at least 4 members (excludes halogenated alkanes) is 10. The Bertz CT molecular complexity index is 445. The van der Waals surface area contributed by atoms with Gasteiger partial charge in [0.1, 0.15) is 13.2 Å². The molecular weight excluding hydrogens is 476 g/mol. The summed E-state index contributed by atoms with van der Waals surface area (Å²) in [4.78, 5) is 23.5. The Labute approximate surface area is 226 Å². The van der Waals surface area contributed by atoms with Gasteiger partial charge >= 0.3 is 11.9 Å². The zero-order valence-corrected chi connectivity index (χ0v) is 23.9. The van der Waals surface area contributed by atoms with Crippen molar-refractivity contribution in [2.75, 3.05) is 66.1 Å². The summed E-state index contributed by atoms with van der Waals surface area (Å²) < 4.78 is 32.2. The molecule has 0 saturated carbocycles. The van der Waals surface area contributed by atoms with Gasteiger partial charge in [0.05, 0.1) is 39.6 Å². The predicted molar refractivity (Wildman–Crippen MR) is 146 cm³/mol. The summed E-state index contributed by atoms with van der Waals surface area (Å²) in [5, 5.41) is 0. The molecule has 0 radical (unpaired) electrons. The molecule has 220 valence electrons. The van der Waals surface area contributed by atoms with E-state index in [0.29, 0.717) is 52.5 Å². The molecular formula is C29H56O8. The van der Waals surface area contributed by atoms with Gasteiger partial charge in [-0.15, -0.1) is 0 Å². The molecule has 8 heteroatoms. The van der Waals surface area contributed by atoms with Crippen LogP contribution in [0.25, 0.3) is 0 Å². The molecule has 0 aliphatic carbocycles. The van der Waals surface area contributed by atoms with E-state index in [1.54, 1.807) is 0 Å². The lowest BCUT2D eigenvalue weighted by atomic mass is 10.1. The van der Waals surface area contributed by atoms with Crippen LogP contribution in [0.5, 0.6) is 0 Å². The van der Waals surface area contributed by atoms with Gasteiger partial charge < -0.3 is 28.4 Å². The minimum Gasteiger partial charge on any atom is -0.463 e. The highest BCUT2D eigenvalue weighted by Gasteiger charge is 2.05. The third-order valence-corrected chi connectivity index (χ3v) is 5.77. The number of hydrogen-bond donors (Lipinski definition) is 0. The minimum atomic E-state index is -0.180. The molecule has 0 aliphatic rings. The van der Waals surface area contributed by atoms with Crippen molar-refractivity contribution in [2.45, 2.75) is 110 Å². The number of carbonyl (C=O) groups excluding carboxylic acids is 2. The molecule has 0 heterocycles. The Kier molecular flexibility index (Phi) is 30.0. The molecule has 0 aromatic rings. The van der Waals surface area contributed by atoms with Crippen molar-refractivity contribution >= 4 is 11.9 Å². The summed E-state index contributed by atoms with van der Waals surface area (Å²) in [5.74, 6) is -0.361. The van der Waals surface area contributed by atoms with Crippen LogP contribution in [0.4, 0.5) is 0 Å². The van der Waals surface area contributed by atoms with Crippen molar-refractivity contribution in [3.63, 3.8) is 0 Å². The maximum atomic E-state index is 11.7. The maximum Gasteiger partial charge on any atom is 0.305 e. The second kappa shape index (κ2) is 31.0. The average Bonchev–Trinajstić information content (AvgIpc) is 2.89. The van der Waals surface area contributed by atoms with Crippen LogP contribution in [-0.4, -0.2) is 78.0 Å². The van der Waals surface area contributed by atoms with Crippen molar-refractivity contribution < 1.29 is 38.0 Å². The molecule has 8 nitrogen and oxygen atoms in total. The number of rotatable bonds is 30. The summed E-state index contributed by atoms with van der Waals surface area (Å²) in [5.41, 5.74) is 0. The molecule has 0 atom stereocenters. The number of carbonyl (C=O) groups is 2. The fraction of sp³-hybridized carbons (Fsp3) is 0.931. The van der Waals surface area contributed by atoms with Gasteiger partial charge in [0.25, 0.3) is 0 Å². The van der Waals surface area contributed by atoms with E-state index in [0.717, 1.165) is 58.2 Å². The maximum absolute atomic E-state index is 11.7. The first-order chi connectivity index (χ1) is 18.2. The lowest BCUT2D eigenvalue weighted by molar-refractivity contribution is -0.146. The van der Waals surface area contributed by atoms with Crippen molar-refractivity contribution in [1.82, 2.24) is 0 Å². The summed E-state index contributed by atoms with van der Waals surface area (Å²) in [7, 11) is 0. The SMILES string of the molecule is CCCCCCOCCOCCOC(=O)CCCCCCCC(=O)OCCOCCOCCCCCC. The van der Waals surface area contributed by atoms with E-state index in [2.05, 4.69) is 13.8 Å². The predicted octanol–water partition coefficient (Wildman–Crippen LogP) is 6.03. The Morgan fingerprint density at radius 2 is 0.703 bits per heavy atom. The lowest BCUT2D eigenvalue weighted by Crippen LogP contribution is -2.13. The van der Waals surface area contributed by atoms with Crippen LogP contribution < -0.4 is 0 Å². The number of esters is 2. The second-order valence-electron chi connectivity index (χ2n) is 9.28. The normalized spacial score (nSPS) is 11.1. The Morgan fingerprint density at radius 3 is 1.11 bits per heavy atom. The second-order valence-corrected chi connectivity index (χ2v) is 9.28. The smallest absolute Gasteiger partial charge is 0.305 e. The van der Waals surface area contributed by atoms with Gasteiger partial charge in [-0.2, -0.15) is 0 Å². The summed E-state index contributed by atoms with van der Waals surface area (Å²) in [6, 6.07) is 0. The molecule has 0 fully saturated rings. The van der Waals surface area contributed by atoms with Gasteiger partial charge in [-0.3, -0.25) is 9.59 Å². The minimum absolute atomic E-state index is 0.180. The third-order valence-electron chi connectivity index (χ3n) is 5.77. The molecule has 37 heavy (non-hydrogen) atoms. The first-order valence-corrected chi connectivity index (χ1v) is 14.8. The molecule has 0 amide bonds. The van der Waals surface area contributed by atoms with Crippen LogP contribution in [0, 0.1) is 0 Å². The molecule has 0 aromatic heterocycles. The average molecular weight is 533 g/mol. The third kappa shape index (κ3) is 30.9. The highest BCUT2D eigenvalue weighted by Crippen LogP contribution is 2.08. The van der Waals surface area contributed by atoms with E-state index in [1.807, 2.05) is 0 Å². The van der Waals surface area contributed by atoms with Gasteiger partial charge in [-0.05, 0) is 25.7 Å². The molecule has 0 saturated heterocycles. The van der Waals surface area contributed by atoms with Crippen molar-refractivity contribution in [1.29, 1.82) is 0 Å². The van der Waals surface area contributed by atoms with Gasteiger partial charge in [-0.1, -0.05) is 71.6 Å². The van der Waals surface area contributed by atoms with E-state index in [1.165, 1.54) is 38.5 Å².